The zero-order valence-corrected chi connectivity index (χ0v) is 8.75. The third kappa shape index (κ3) is 1.63. The van der Waals surface area contributed by atoms with Crippen molar-refractivity contribution in [1.29, 1.82) is 0 Å². The number of hydrogen-bond acceptors (Lipinski definition) is 2. The van der Waals surface area contributed by atoms with Gasteiger partial charge >= 0.3 is 0 Å². The molecule has 0 atom stereocenters. The van der Waals surface area contributed by atoms with E-state index in [4.69, 9.17) is 0 Å². The molecule has 0 unspecified atom stereocenters. The fourth-order valence-corrected chi connectivity index (χ4v) is 1.59. The van der Waals surface area contributed by atoms with Crippen LogP contribution in [0.2, 0.25) is 0 Å². The number of carbonyl (C=O) groups is 1. The lowest BCUT2D eigenvalue weighted by atomic mass is 10.3. The molecule has 0 fully saturated rings. The number of aryl methyl sites for hydroxylation is 1. The first-order chi connectivity index (χ1) is 7.74. The van der Waals surface area contributed by atoms with Gasteiger partial charge in [0.25, 0.3) is 5.56 Å². The molecular formula is C11H11N3O2. The van der Waals surface area contributed by atoms with Gasteiger partial charge in [-0.25, -0.2) is 4.68 Å². The average Bonchev–Trinajstić information content (AvgIpc) is 2.56. The predicted octanol–water partition coefficient (Wildman–Crippen LogP) is 0.744. The van der Waals surface area contributed by atoms with Crippen molar-refractivity contribution in [3.05, 3.63) is 46.9 Å². The van der Waals surface area contributed by atoms with Crippen molar-refractivity contribution in [2.45, 2.75) is 0 Å². The van der Waals surface area contributed by atoms with Crippen LogP contribution in [-0.2, 0) is 11.8 Å². The second kappa shape index (κ2) is 4.06. The number of amides is 1. The van der Waals surface area contributed by atoms with Crippen molar-refractivity contribution in [3.63, 3.8) is 0 Å². The van der Waals surface area contributed by atoms with Crippen LogP contribution in [0.1, 0.15) is 0 Å². The molecule has 1 N–H and O–H groups in total. The molecule has 0 saturated carbocycles. The summed E-state index contributed by atoms with van der Waals surface area (Å²) in [6.07, 6.45) is 2.07. The molecule has 5 heteroatoms. The number of anilines is 1. The van der Waals surface area contributed by atoms with E-state index in [0.29, 0.717) is 6.41 Å². The number of hydrogen-bond donors (Lipinski definition) is 1. The molecule has 2 aromatic rings. The summed E-state index contributed by atoms with van der Waals surface area (Å²) in [7, 11) is 1.74. The Hall–Kier alpha value is -2.30. The lowest BCUT2D eigenvalue weighted by molar-refractivity contribution is -0.105. The minimum Gasteiger partial charge on any atom is -0.323 e. The van der Waals surface area contributed by atoms with E-state index in [1.165, 1.54) is 4.68 Å². The highest BCUT2D eigenvalue weighted by molar-refractivity contribution is 5.70. The number of benzene rings is 1. The minimum atomic E-state index is -0.249. The van der Waals surface area contributed by atoms with E-state index in [-0.39, 0.29) is 11.2 Å². The molecule has 1 heterocycles. The molecule has 5 nitrogen and oxygen atoms in total. The van der Waals surface area contributed by atoms with E-state index in [9.17, 15) is 9.59 Å². The molecule has 1 aromatic heterocycles. The number of carbonyl (C=O) groups excluding carboxylic acids is 1. The smallest absolute Gasteiger partial charge is 0.295 e. The van der Waals surface area contributed by atoms with Gasteiger partial charge in [0.2, 0.25) is 6.41 Å². The highest BCUT2D eigenvalue weighted by Crippen LogP contribution is 2.07. The van der Waals surface area contributed by atoms with Crippen molar-refractivity contribution >= 4 is 12.1 Å². The van der Waals surface area contributed by atoms with Gasteiger partial charge in [-0.15, -0.1) is 0 Å². The molecule has 2 rings (SSSR count). The van der Waals surface area contributed by atoms with Crippen LogP contribution in [0.5, 0.6) is 0 Å². The van der Waals surface area contributed by atoms with E-state index in [0.717, 1.165) is 5.69 Å². The molecule has 1 amide bonds. The van der Waals surface area contributed by atoms with Crippen LogP contribution in [0.4, 0.5) is 5.69 Å². The molecule has 82 valence electrons. The maximum Gasteiger partial charge on any atom is 0.295 e. The van der Waals surface area contributed by atoms with E-state index >= 15 is 0 Å². The summed E-state index contributed by atoms with van der Waals surface area (Å²) in [6, 6.07) is 9.23. The third-order valence-electron chi connectivity index (χ3n) is 2.27. The van der Waals surface area contributed by atoms with Crippen LogP contribution in [0.15, 0.2) is 41.3 Å². The number of nitrogens with one attached hydrogen (secondary N) is 1. The molecular weight excluding hydrogens is 206 g/mol. The monoisotopic (exact) mass is 217 g/mol. The Balaban J connectivity index is 2.58. The van der Waals surface area contributed by atoms with Gasteiger partial charge in [0.15, 0.2) is 0 Å². The SMILES string of the molecule is Cn1cc(NC=O)c(=O)n1-c1ccccc1. The van der Waals surface area contributed by atoms with Gasteiger partial charge in [0, 0.05) is 7.05 Å². The van der Waals surface area contributed by atoms with Gasteiger partial charge in [-0.2, -0.15) is 0 Å². The van der Waals surface area contributed by atoms with Crippen molar-refractivity contribution in [3.8, 4) is 5.69 Å². The first-order valence-electron chi connectivity index (χ1n) is 4.78. The van der Waals surface area contributed by atoms with Crippen LogP contribution in [0.3, 0.4) is 0 Å². The van der Waals surface area contributed by atoms with Crippen LogP contribution >= 0.6 is 0 Å². The van der Waals surface area contributed by atoms with Gasteiger partial charge in [-0.3, -0.25) is 14.3 Å². The third-order valence-corrected chi connectivity index (χ3v) is 2.27. The maximum absolute atomic E-state index is 11.9. The topological polar surface area (TPSA) is 56.0 Å². The molecule has 0 spiro atoms. The Bertz CT molecular complexity index is 554. The van der Waals surface area contributed by atoms with E-state index in [1.807, 2.05) is 30.3 Å². The molecule has 0 bridgehead atoms. The van der Waals surface area contributed by atoms with Gasteiger partial charge in [0.1, 0.15) is 5.69 Å². The maximum atomic E-state index is 11.9. The zero-order valence-electron chi connectivity index (χ0n) is 8.75. The normalized spacial score (nSPS) is 10.1. The molecule has 0 aliphatic carbocycles. The highest BCUT2D eigenvalue weighted by Gasteiger charge is 2.09. The second-order valence-corrected chi connectivity index (χ2v) is 3.33. The zero-order chi connectivity index (χ0) is 11.5. The summed E-state index contributed by atoms with van der Waals surface area (Å²) in [6.45, 7) is 0. The summed E-state index contributed by atoms with van der Waals surface area (Å²) in [5, 5.41) is 2.37. The second-order valence-electron chi connectivity index (χ2n) is 3.33. The summed E-state index contributed by atoms with van der Waals surface area (Å²) in [4.78, 5) is 22.2. The van der Waals surface area contributed by atoms with Gasteiger partial charge in [-0.1, -0.05) is 18.2 Å². The lowest BCUT2D eigenvalue weighted by Crippen LogP contribution is -2.20. The van der Waals surface area contributed by atoms with Crippen molar-refractivity contribution in [2.75, 3.05) is 5.32 Å². The fraction of sp³-hybridized carbons (Fsp3) is 0.0909. The molecule has 1 aromatic carbocycles. The van der Waals surface area contributed by atoms with Gasteiger partial charge in [-0.05, 0) is 12.1 Å². The van der Waals surface area contributed by atoms with Crippen LogP contribution < -0.4 is 10.9 Å². The lowest BCUT2D eigenvalue weighted by Gasteiger charge is -2.05. The number of rotatable bonds is 3. The van der Waals surface area contributed by atoms with E-state index in [1.54, 1.807) is 17.9 Å². The fourth-order valence-electron chi connectivity index (χ4n) is 1.59. The average molecular weight is 217 g/mol. The van der Waals surface area contributed by atoms with Gasteiger partial charge < -0.3 is 5.32 Å². The molecule has 0 aliphatic heterocycles. The van der Waals surface area contributed by atoms with Crippen molar-refractivity contribution in [1.82, 2.24) is 9.36 Å². The quantitative estimate of drug-likeness (QED) is 0.771. The largest absolute Gasteiger partial charge is 0.323 e. The Morgan fingerprint density at radius 3 is 2.56 bits per heavy atom. The Morgan fingerprint density at radius 1 is 1.25 bits per heavy atom. The first-order valence-corrected chi connectivity index (χ1v) is 4.78. The highest BCUT2D eigenvalue weighted by atomic mass is 16.1. The summed E-state index contributed by atoms with van der Waals surface area (Å²) >= 11 is 0. The predicted molar refractivity (Wildman–Crippen MR) is 60.7 cm³/mol. The summed E-state index contributed by atoms with van der Waals surface area (Å²) in [5.41, 5.74) is 0.774. The van der Waals surface area contributed by atoms with E-state index in [2.05, 4.69) is 5.32 Å². The van der Waals surface area contributed by atoms with Crippen LogP contribution in [0, 0.1) is 0 Å². The van der Waals surface area contributed by atoms with Gasteiger partial charge in [0.05, 0.1) is 11.9 Å². The van der Waals surface area contributed by atoms with Crippen molar-refractivity contribution in [2.24, 2.45) is 7.05 Å². The van der Waals surface area contributed by atoms with Crippen LogP contribution in [-0.4, -0.2) is 15.8 Å². The Morgan fingerprint density at radius 2 is 1.94 bits per heavy atom. The van der Waals surface area contributed by atoms with E-state index < -0.39 is 0 Å². The first kappa shape index (κ1) is 10.2. The standard InChI is InChI=1S/C11H11N3O2/c1-13-7-10(12-8-15)11(16)14(13)9-5-3-2-4-6-9/h2-8H,1H3,(H,12,15). The minimum absolute atomic E-state index is 0.249. The number of aromatic nitrogens is 2. The molecule has 0 radical (unpaired) electrons. The Labute approximate surface area is 91.9 Å². The number of nitrogens with zero attached hydrogens (tertiary/aromatic N) is 2. The molecule has 16 heavy (non-hydrogen) atoms. The Kier molecular flexibility index (Phi) is 2.59. The van der Waals surface area contributed by atoms with Crippen LogP contribution in [0.25, 0.3) is 5.69 Å². The molecule has 0 saturated heterocycles. The summed E-state index contributed by atoms with van der Waals surface area (Å²) in [5.74, 6) is 0. The van der Waals surface area contributed by atoms with Crippen molar-refractivity contribution < 1.29 is 4.79 Å². The molecule has 0 aliphatic rings. The summed E-state index contributed by atoms with van der Waals surface area (Å²) < 4.78 is 3.11. The number of para-hydroxylation sites is 1.